The molecule has 2 aromatic heterocycles. The van der Waals surface area contributed by atoms with Crippen molar-refractivity contribution in [2.24, 2.45) is 0 Å². The third kappa shape index (κ3) is 3.42. The highest BCUT2D eigenvalue weighted by Crippen LogP contribution is 2.17. The Morgan fingerprint density at radius 2 is 2.00 bits per heavy atom. The van der Waals surface area contributed by atoms with Crippen LogP contribution < -0.4 is 4.72 Å². The fourth-order valence-electron chi connectivity index (χ4n) is 2.00. The van der Waals surface area contributed by atoms with Gasteiger partial charge in [-0.15, -0.1) is 0 Å². The zero-order valence-electron chi connectivity index (χ0n) is 11.9. The van der Waals surface area contributed by atoms with Crippen molar-refractivity contribution in [3.8, 4) is 0 Å². The van der Waals surface area contributed by atoms with Gasteiger partial charge in [-0.2, -0.15) is 0 Å². The first kappa shape index (κ1) is 16.5. The third-order valence-electron chi connectivity index (χ3n) is 3.14. The van der Waals surface area contributed by atoms with Crippen LogP contribution in [0.2, 0.25) is 0 Å². The molecular weight excluding hydrogens is 402 g/mol. The summed E-state index contributed by atoms with van der Waals surface area (Å²) in [5, 5.41) is 10.6. The molecule has 24 heavy (non-hydrogen) atoms. The van der Waals surface area contributed by atoms with Gasteiger partial charge in [0.25, 0.3) is 5.69 Å². The Balaban J connectivity index is 1.77. The molecule has 3 rings (SSSR count). The zero-order valence-corrected chi connectivity index (χ0v) is 14.3. The molecule has 2 heterocycles. The van der Waals surface area contributed by atoms with Crippen molar-refractivity contribution in [2.75, 3.05) is 0 Å². The van der Waals surface area contributed by atoms with Crippen molar-refractivity contribution in [1.29, 1.82) is 0 Å². The SMILES string of the molecule is O=[N+]([O-])c1ccc(S(=O)(=O)NCc2nc3ncc(Br)cc3[nH]2)cc1. The van der Waals surface area contributed by atoms with Crippen molar-refractivity contribution in [3.05, 3.63) is 56.9 Å². The molecule has 9 nitrogen and oxygen atoms in total. The second kappa shape index (κ2) is 6.26. The van der Waals surface area contributed by atoms with Crippen LogP contribution >= 0.6 is 15.9 Å². The average molecular weight is 412 g/mol. The van der Waals surface area contributed by atoms with Gasteiger partial charge in [-0.3, -0.25) is 10.1 Å². The topological polar surface area (TPSA) is 131 Å². The van der Waals surface area contributed by atoms with E-state index in [4.69, 9.17) is 0 Å². The number of fused-ring (bicyclic) bond motifs is 1. The summed E-state index contributed by atoms with van der Waals surface area (Å²) in [5.41, 5.74) is 0.972. The van der Waals surface area contributed by atoms with Crippen LogP contribution in [-0.2, 0) is 16.6 Å². The Morgan fingerprint density at radius 1 is 1.29 bits per heavy atom. The number of nitro groups is 1. The molecule has 124 valence electrons. The normalized spacial score (nSPS) is 11.7. The minimum absolute atomic E-state index is 0.0622. The highest BCUT2D eigenvalue weighted by Gasteiger charge is 2.16. The summed E-state index contributed by atoms with van der Waals surface area (Å²) in [6, 6.07) is 6.41. The van der Waals surface area contributed by atoms with E-state index >= 15 is 0 Å². The smallest absolute Gasteiger partial charge is 0.269 e. The van der Waals surface area contributed by atoms with Crippen molar-refractivity contribution in [2.45, 2.75) is 11.4 Å². The first-order chi connectivity index (χ1) is 11.3. The van der Waals surface area contributed by atoms with Gasteiger partial charge >= 0.3 is 0 Å². The van der Waals surface area contributed by atoms with Crippen LogP contribution in [0.1, 0.15) is 5.82 Å². The minimum Gasteiger partial charge on any atom is -0.339 e. The average Bonchev–Trinajstić information content (AvgIpc) is 2.95. The number of hydrogen-bond acceptors (Lipinski definition) is 6. The predicted octanol–water partition coefficient (Wildman–Crippen LogP) is 2.11. The van der Waals surface area contributed by atoms with Crippen molar-refractivity contribution < 1.29 is 13.3 Å². The van der Waals surface area contributed by atoms with Crippen molar-refractivity contribution in [1.82, 2.24) is 19.7 Å². The zero-order chi connectivity index (χ0) is 17.3. The van der Waals surface area contributed by atoms with Gasteiger partial charge < -0.3 is 4.98 Å². The van der Waals surface area contributed by atoms with E-state index in [0.29, 0.717) is 17.0 Å². The first-order valence-corrected chi connectivity index (χ1v) is 8.87. The Kier molecular flexibility index (Phi) is 4.30. The fourth-order valence-corrected chi connectivity index (χ4v) is 3.32. The largest absolute Gasteiger partial charge is 0.339 e. The maximum absolute atomic E-state index is 12.2. The Bertz CT molecular complexity index is 1020. The number of pyridine rings is 1. The van der Waals surface area contributed by atoms with E-state index in [1.807, 2.05) is 0 Å². The summed E-state index contributed by atoms with van der Waals surface area (Å²) in [5.74, 6) is 0.404. The van der Waals surface area contributed by atoms with Crippen LogP contribution in [0.5, 0.6) is 0 Å². The number of rotatable bonds is 5. The molecule has 0 saturated carbocycles. The summed E-state index contributed by atoms with van der Waals surface area (Å²) in [4.78, 5) is 21.2. The Labute approximate surface area is 144 Å². The molecule has 2 N–H and O–H groups in total. The van der Waals surface area contributed by atoms with Gasteiger partial charge in [0.15, 0.2) is 5.65 Å². The molecule has 0 unspecified atom stereocenters. The molecule has 0 saturated heterocycles. The van der Waals surface area contributed by atoms with Crippen LogP contribution in [-0.4, -0.2) is 28.3 Å². The molecule has 0 spiro atoms. The number of H-pyrrole nitrogens is 1. The van der Waals surface area contributed by atoms with Gasteiger partial charge in [-0.05, 0) is 34.1 Å². The summed E-state index contributed by atoms with van der Waals surface area (Å²) >= 11 is 3.29. The molecule has 0 fully saturated rings. The molecular formula is C13H10BrN5O4S. The first-order valence-electron chi connectivity index (χ1n) is 6.59. The van der Waals surface area contributed by atoms with Crippen molar-refractivity contribution >= 4 is 42.8 Å². The number of imidazole rings is 1. The number of hydrogen-bond donors (Lipinski definition) is 2. The van der Waals surface area contributed by atoms with Crippen LogP contribution in [0.15, 0.2) is 45.9 Å². The van der Waals surface area contributed by atoms with E-state index in [1.54, 1.807) is 12.3 Å². The molecule has 0 aliphatic carbocycles. The Morgan fingerprint density at radius 3 is 2.67 bits per heavy atom. The molecule has 0 aliphatic heterocycles. The van der Waals surface area contributed by atoms with Gasteiger partial charge in [0.05, 0.1) is 21.9 Å². The van der Waals surface area contributed by atoms with Crippen molar-refractivity contribution in [3.63, 3.8) is 0 Å². The second-order valence-corrected chi connectivity index (χ2v) is 7.47. The van der Waals surface area contributed by atoms with Gasteiger partial charge in [0, 0.05) is 22.8 Å². The maximum atomic E-state index is 12.2. The maximum Gasteiger partial charge on any atom is 0.269 e. The molecule has 11 heteroatoms. The van der Waals surface area contributed by atoms with Gasteiger partial charge in [0.1, 0.15) is 5.82 Å². The van der Waals surface area contributed by atoms with Crippen LogP contribution in [0.3, 0.4) is 0 Å². The summed E-state index contributed by atoms with van der Waals surface area (Å²) < 4.78 is 27.6. The van der Waals surface area contributed by atoms with Gasteiger partial charge in [0.2, 0.25) is 10.0 Å². The number of non-ortho nitro benzene ring substituents is 1. The van der Waals surface area contributed by atoms with Crippen LogP contribution in [0, 0.1) is 10.1 Å². The minimum atomic E-state index is -3.81. The van der Waals surface area contributed by atoms with Crippen LogP contribution in [0.25, 0.3) is 11.2 Å². The highest BCUT2D eigenvalue weighted by molar-refractivity contribution is 9.10. The molecule has 1 aromatic carbocycles. The molecule has 0 bridgehead atoms. The monoisotopic (exact) mass is 411 g/mol. The van der Waals surface area contributed by atoms with E-state index in [9.17, 15) is 18.5 Å². The number of aromatic amines is 1. The van der Waals surface area contributed by atoms with E-state index in [-0.39, 0.29) is 17.1 Å². The number of nitrogens with one attached hydrogen (secondary N) is 2. The predicted molar refractivity (Wildman–Crippen MR) is 88.7 cm³/mol. The lowest BCUT2D eigenvalue weighted by Crippen LogP contribution is -2.23. The third-order valence-corrected chi connectivity index (χ3v) is 4.99. The molecule has 0 aliphatic rings. The number of halogens is 1. The van der Waals surface area contributed by atoms with Crippen LogP contribution in [0.4, 0.5) is 5.69 Å². The second-order valence-electron chi connectivity index (χ2n) is 4.78. The van der Waals surface area contributed by atoms with Gasteiger partial charge in [-0.25, -0.2) is 23.1 Å². The van der Waals surface area contributed by atoms with E-state index in [1.165, 1.54) is 12.1 Å². The lowest BCUT2D eigenvalue weighted by Gasteiger charge is -2.04. The number of benzene rings is 1. The van der Waals surface area contributed by atoms with E-state index in [0.717, 1.165) is 16.6 Å². The lowest BCUT2D eigenvalue weighted by molar-refractivity contribution is -0.384. The molecule has 3 aromatic rings. The van der Waals surface area contributed by atoms with Gasteiger partial charge in [-0.1, -0.05) is 0 Å². The molecule has 0 amide bonds. The Hall–Kier alpha value is -2.37. The standard InChI is InChI=1S/C13H10BrN5O4S/c14-8-5-11-13(15-6-8)18-12(17-11)7-16-24(22,23)10-3-1-9(2-4-10)19(20)21/h1-6,16H,7H2,(H,15,17,18). The summed E-state index contributed by atoms with van der Waals surface area (Å²) in [6.45, 7) is -0.0622. The summed E-state index contributed by atoms with van der Waals surface area (Å²) in [7, 11) is -3.81. The fraction of sp³-hybridized carbons (Fsp3) is 0.0769. The molecule has 0 atom stereocenters. The number of aromatic nitrogens is 3. The molecule has 0 radical (unpaired) electrons. The quantitative estimate of drug-likeness (QED) is 0.488. The number of nitro benzene ring substituents is 1. The lowest BCUT2D eigenvalue weighted by atomic mass is 10.3. The van der Waals surface area contributed by atoms with E-state index in [2.05, 4.69) is 35.6 Å². The van der Waals surface area contributed by atoms with E-state index < -0.39 is 14.9 Å². The number of nitrogens with zero attached hydrogens (tertiary/aromatic N) is 3. The summed E-state index contributed by atoms with van der Waals surface area (Å²) in [6.07, 6.45) is 1.59. The highest BCUT2D eigenvalue weighted by atomic mass is 79.9. The number of sulfonamides is 1.